The predicted octanol–water partition coefficient (Wildman–Crippen LogP) is 5.40. The van der Waals surface area contributed by atoms with Crippen molar-refractivity contribution in [2.75, 3.05) is 7.05 Å². The van der Waals surface area contributed by atoms with Gasteiger partial charge in [0.1, 0.15) is 5.82 Å². The molecule has 106 valence electrons. The molecule has 0 fully saturated rings. The summed E-state index contributed by atoms with van der Waals surface area (Å²) in [5.74, 6) is -0.246. The zero-order chi connectivity index (χ0) is 14.7. The molecule has 0 amide bonds. The Bertz CT molecular complexity index is 599. The van der Waals surface area contributed by atoms with Gasteiger partial charge in [0.05, 0.1) is 0 Å². The fourth-order valence-electron chi connectivity index (χ4n) is 2.10. The lowest BCUT2D eigenvalue weighted by molar-refractivity contribution is 0.531. The van der Waals surface area contributed by atoms with Gasteiger partial charge in [-0.05, 0) is 43.3 Å². The third-order valence-electron chi connectivity index (χ3n) is 3.14. The van der Waals surface area contributed by atoms with Gasteiger partial charge in [-0.25, -0.2) is 4.39 Å². The zero-order valence-electron chi connectivity index (χ0n) is 10.8. The molecule has 2 aromatic rings. The summed E-state index contributed by atoms with van der Waals surface area (Å²) in [4.78, 5) is 0. The number of benzene rings is 2. The molecule has 20 heavy (non-hydrogen) atoms. The van der Waals surface area contributed by atoms with E-state index in [9.17, 15) is 4.39 Å². The van der Waals surface area contributed by atoms with Crippen molar-refractivity contribution in [2.45, 2.75) is 12.5 Å². The smallest absolute Gasteiger partial charge is 0.129 e. The van der Waals surface area contributed by atoms with Crippen LogP contribution >= 0.6 is 39.1 Å². The van der Waals surface area contributed by atoms with Crippen LogP contribution in [0.1, 0.15) is 17.2 Å². The third-order valence-corrected chi connectivity index (χ3v) is 4.41. The van der Waals surface area contributed by atoms with Crippen LogP contribution in [0.4, 0.5) is 4.39 Å². The lowest BCUT2D eigenvalue weighted by Gasteiger charge is -2.19. The Morgan fingerprint density at radius 2 is 2.00 bits per heavy atom. The molecule has 0 radical (unpaired) electrons. The molecule has 1 atom stereocenters. The van der Waals surface area contributed by atoms with Gasteiger partial charge in [-0.3, -0.25) is 0 Å². The molecule has 0 bridgehead atoms. The van der Waals surface area contributed by atoms with Crippen LogP contribution in [-0.2, 0) is 6.42 Å². The number of nitrogens with one attached hydrogen (secondary N) is 1. The van der Waals surface area contributed by atoms with Crippen LogP contribution < -0.4 is 5.32 Å². The lowest BCUT2D eigenvalue weighted by Crippen LogP contribution is -2.20. The predicted molar refractivity (Wildman–Crippen MR) is 86.1 cm³/mol. The second kappa shape index (κ2) is 6.90. The van der Waals surface area contributed by atoms with Crippen LogP contribution in [0.25, 0.3) is 0 Å². The summed E-state index contributed by atoms with van der Waals surface area (Å²) in [7, 11) is 1.80. The number of hydrogen-bond donors (Lipinski definition) is 1. The number of rotatable bonds is 4. The van der Waals surface area contributed by atoms with Gasteiger partial charge >= 0.3 is 0 Å². The fourth-order valence-corrected chi connectivity index (χ4v) is 3.20. The molecule has 1 unspecified atom stereocenters. The van der Waals surface area contributed by atoms with E-state index in [1.54, 1.807) is 25.2 Å². The third kappa shape index (κ3) is 3.53. The fraction of sp³-hybridized carbons (Fsp3) is 0.200. The summed E-state index contributed by atoms with van der Waals surface area (Å²) < 4.78 is 14.8. The van der Waals surface area contributed by atoms with Crippen LogP contribution in [0.5, 0.6) is 0 Å². The minimum absolute atomic E-state index is 0.177. The maximum absolute atomic E-state index is 14.0. The summed E-state index contributed by atoms with van der Waals surface area (Å²) in [5, 5.41) is 4.31. The van der Waals surface area contributed by atoms with Gasteiger partial charge in [0.15, 0.2) is 0 Å². The van der Waals surface area contributed by atoms with Gasteiger partial charge in [0, 0.05) is 26.1 Å². The van der Waals surface area contributed by atoms with E-state index in [2.05, 4.69) is 21.2 Å². The SMILES string of the molecule is CNC(Cc1ccc(Cl)cc1Cl)c1c(F)cccc1Br. The van der Waals surface area contributed by atoms with E-state index < -0.39 is 0 Å². The van der Waals surface area contributed by atoms with E-state index in [0.717, 1.165) is 10.0 Å². The molecule has 0 saturated heterocycles. The maximum atomic E-state index is 14.0. The quantitative estimate of drug-likeness (QED) is 0.753. The van der Waals surface area contributed by atoms with Gasteiger partial charge in [0.2, 0.25) is 0 Å². The summed E-state index contributed by atoms with van der Waals surface area (Å²) in [6, 6.07) is 10.1. The van der Waals surface area contributed by atoms with Crippen LogP contribution in [-0.4, -0.2) is 7.05 Å². The molecule has 0 spiro atoms. The summed E-state index contributed by atoms with van der Waals surface area (Å²) >= 11 is 15.5. The Balaban J connectivity index is 2.34. The molecule has 2 aromatic carbocycles. The molecule has 0 aromatic heterocycles. The Morgan fingerprint density at radius 3 is 2.60 bits per heavy atom. The molecule has 0 aliphatic rings. The summed E-state index contributed by atoms with van der Waals surface area (Å²) in [6.45, 7) is 0. The molecule has 5 heteroatoms. The Labute approximate surface area is 136 Å². The highest BCUT2D eigenvalue weighted by atomic mass is 79.9. The van der Waals surface area contributed by atoms with Gasteiger partial charge in [0.25, 0.3) is 0 Å². The van der Waals surface area contributed by atoms with Crippen LogP contribution in [0.3, 0.4) is 0 Å². The number of hydrogen-bond acceptors (Lipinski definition) is 1. The van der Waals surface area contributed by atoms with Crippen molar-refractivity contribution in [1.82, 2.24) is 5.32 Å². The molecular weight excluding hydrogens is 364 g/mol. The number of likely N-dealkylation sites (N-methyl/N-ethyl adjacent to an activating group) is 1. The molecule has 1 N–H and O–H groups in total. The molecular formula is C15H13BrCl2FN. The molecule has 2 rings (SSSR count). The molecule has 0 saturated carbocycles. The van der Waals surface area contributed by atoms with Crippen molar-refractivity contribution in [1.29, 1.82) is 0 Å². The van der Waals surface area contributed by atoms with Crippen molar-refractivity contribution in [3.63, 3.8) is 0 Å². The van der Waals surface area contributed by atoms with Gasteiger partial charge in [-0.1, -0.05) is 51.3 Å². The van der Waals surface area contributed by atoms with Crippen molar-refractivity contribution < 1.29 is 4.39 Å². The van der Waals surface area contributed by atoms with Gasteiger partial charge < -0.3 is 5.32 Å². The average molecular weight is 377 g/mol. The summed E-state index contributed by atoms with van der Waals surface area (Å²) in [5.41, 5.74) is 1.52. The van der Waals surface area contributed by atoms with E-state index in [4.69, 9.17) is 23.2 Å². The van der Waals surface area contributed by atoms with Crippen LogP contribution in [0.15, 0.2) is 40.9 Å². The van der Waals surface area contributed by atoms with E-state index in [1.807, 2.05) is 12.1 Å². The van der Waals surface area contributed by atoms with Crippen LogP contribution in [0, 0.1) is 5.82 Å². The van der Waals surface area contributed by atoms with E-state index in [1.165, 1.54) is 6.07 Å². The van der Waals surface area contributed by atoms with Crippen LogP contribution in [0.2, 0.25) is 10.0 Å². The zero-order valence-corrected chi connectivity index (χ0v) is 13.9. The minimum atomic E-state index is -0.246. The minimum Gasteiger partial charge on any atom is -0.313 e. The first-order chi connectivity index (χ1) is 9.52. The van der Waals surface area contributed by atoms with Crippen molar-refractivity contribution >= 4 is 39.1 Å². The molecule has 0 heterocycles. The van der Waals surface area contributed by atoms with Crippen molar-refractivity contribution in [3.05, 3.63) is 67.9 Å². The van der Waals surface area contributed by atoms with E-state index in [-0.39, 0.29) is 11.9 Å². The van der Waals surface area contributed by atoms with Gasteiger partial charge in [-0.2, -0.15) is 0 Å². The highest BCUT2D eigenvalue weighted by Crippen LogP contribution is 2.31. The highest BCUT2D eigenvalue weighted by Gasteiger charge is 2.18. The molecule has 0 aliphatic heterocycles. The number of halogens is 4. The lowest BCUT2D eigenvalue weighted by atomic mass is 9.98. The second-order valence-electron chi connectivity index (χ2n) is 4.42. The molecule has 0 aliphatic carbocycles. The van der Waals surface area contributed by atoms with Crippen molar-refractivity contribution in [3.8, 4) is 0 Å². The molecule has 1 nitrogen and oxygen atoms in total. The topological polar surface area (TPSA) is 12.0 Å². The maximum Gasteiger partial charge on any atom is 0.129 e. The van der Waals surface area contributed by atoms with E-state index in [0.29, 0.717) is 22.0 Å². The second-order valence-corrected chi connectivity index (χ2v) is 6.11. The van der Waals surface area contributed by atoms with Crippen molar-refractivity contribution in [2.24, 2.45) is 0 Å². The largest absolute Gasteiger partial charge is 0.313 e. The monoisotopic (exact) mass is 375 g/mol. The Kier molecular flexibility index (Phi) is 5.44. The first-order valence-corrected chi connectivity index (χ1v) is 7.63. The Morgan fingerprint density at radius 1 is 1.25 bits per heavy atom. The highest BCUT2D eigenvalue weighted by molar-refractivity contribution is 9.10. The normalized spacial score (nSPS) is 12.4. The van der Waals surface area contributed by atoms with E-state index >= 15 is 0 Å². The first kappa shape index (κ1) is 15.8. The summed E-state index contributed by atoms with van der Waals surface area (Å²) in [6.07, 6.45) is 0.575. The Hall–Kier alpha value is -0.610. The average Bonchev–Trinajstić information content (AvgIpc) is 2.39. The first-order valence-electron chi connectivity index (χ1n) is 6.08. The van der Waals surface area contributed by atoms with Gasteiger partial charge in [-0.15, -0.1) is 0 Å². The standard InChI is InChI=1S/C15H13BrCl2FN/c1-20-14(15-11(16)3-2-4-13(15)19)7-9-5-6-10(17)8-12(9)18/h2-6,8,14,20H,7H2,1H3.